The Morgan fingerprint density at radius 3 is 2.42 bits per heavy atom. The van der Waals surface area contributed by atoms with E-state index in [1.54, 1.807) is 0 Å². The highest BCUT2D eigenvalue weighted by molar-refractivity contribution is 6.34. The summed E-state index contributed by atoms with van der Waals surface area (Å²) in [4.78, 5) is 38.0. The van der Waals surface area contributed by atoms with Crippen LogP contribution in [-0.2, 0) is 0 Å². The molecule has 8 nitrogen and oxygen atoms in total. The number of carbonyl (C=O) groups is 3. The van der Waals surface area contributed by atoms with E-state index in [9.17, 15) is 23.2 Å². The summed E-state index contributed by atoms with van der Waals surface area (Å²) in [6.45, 7) is 2.33. The normalized spacial score (nSPS) is 10.7. The average Bonchev–Trinajstić information content (AvgIpc) is 3.25. The number of amides is 2. The van der Waals surface area contributed by atoms with Crippen molar-refractivity contribution in [3.05, 3.63) is 75.9 Å². The summed E-state index contributed by atoms with van der Waals surface area (Å²) >= 11 is 5.81. The Bertz CT molecular complexity index is 1200. The zero-order chi connectivity index (χ0) is 24.1. The molecule has 2 amide bonds. The van der Waals surface area contributed by atoms with E-state index < -0.39 is 29.4 Å². The molecule has 0 radical (unpaired) electrons. The molecular weight excluding hydrogens is 458 g/mol. The molecule has 0 spiro atoms. The van der Waals surface area contributed by atoms with Crippen LogP contribution in [-0.4, -0.2) is 39.6 Å². The summed E-state index contributed by atoms with van der Waals surface area (Å²) in [5, 5.41) is 17.6. The van der Waals surface area contributed by atoms with E-state index in [2.05, 4.69) is 15.5 Å². The van der Waals surface area contributed by atoms with Gasteiger partial charge < -0.3 is 15.3 Å². The minimum Gasteiger partial charge on any atom is -0.478 e. The number of benzene rings is 2. The molecule has 1 aromatic heterocycles. The number of halogens is 3. The summed E-state index contributed by atoms with van der Waals surface area (Å²) in [6, 6.07) is 8.49. The Labute approximate surface area is 192 Å². The van der Waals surface area contributed by atoms with Crippen molar-refractivity contribution < 1.29 is 28.3 Å². The van der Waals surface area contributed by atoms with Gasteiger partial charge in [-0.1, -0.05) is 24.9 Å². The highest BCUT2D eigenvalue weighted by Crippen LogP contribution is 2.22. The molecule has 172 valence electrons. The molecular formula is C22H19ClF2N4O4. The molecule has 0 aliphatic carbocycles. The second kappa shape index (κ2) is 10.2. The van der Waals surface area contributed by atoms with Crippen LogP contribution in [0.25, 0.3) is 0 Å². The van der Waals surface area contributed by atoms with E-state index in [1.807, 2.05) is 6.92 Å². The van der Waals surface area contributed by atoms with Gasteiger partial charge >= 0.3 is 5.97 Å². The summed E-state index contributed by atoms with van der Waals surface area (Å²) in [5.74, 6) is -4.82. The van der Waals surface area contributed by atoms with Crippen molar-refractivity contribution in [3.8, 4) is 0 Å². The number of nitrogens with zero attached hydrogens (tertiary/aromatic N) is 2. The molecule has 0 saturated carbocycles. The standard InChI is InChI=1S/C22H19ClF2N4O4/c1-2-3-8-29(13-6-4-12(5-7-13)22(32)33)21(31)18-11-19(28-27-18)26-20(30)14-9-16(24)17(25)10-15(14)23/h4-7,9-11H,2-3,8H2,1H3,(H,32,33)(H2,26,27,28,30). The van der Waals surface area contributed by atoms with E-state index in [1.165, 1.54) is 35.2 Å². The summed E-state index contributed by atoms with van der Waals surface area (Å²) in [7, 11) is 0. The molecule has 0 unspecified atom stereocenters. The van der Waals surface area contributed by atoms with E-state index in [0.717, 1.165) is 6.42 Å². The lowest BCUT2D eigenvalue weighted by atomic mass is 10.1. The van der Waals surface area contributed by atoms with Crippen molar-refractivity contribution in [1.82, 2.24) is 10.2 Å². The summed E-state index contributed by atoms with van der Waals surface area (Å²) < 4.78 is 26.7. The van der Waals surface area contributed by atoms with Crippen molar-refractivity contribution in [3.63, 3.8) is 0 Å². The van der Waals surface area contributed by atoms with Crippen LogP contribution in [0.2, 0.25) is 5.02 Å². The van der Waals surface area contributed by atoms with Crippen LogP contribution in [0.15, 0.2) is 42.5 Å². The Kier molecular flexibility index (Phi) is 7.39. The number of carboxylic acids is 1. The fourth-order valence-corrected chi connectivity index (χ4v) is 3.21. The Balaban J connectivity index is 1.80. The van der Waals surface area contributed by atoms with Crippen LogP contribution < -0.4 is 10.2 Å². The van der Waals surface area contributed by atoms with Crippen molar-refractivity contribution in [2.75, 3.05) is 16.8 Å². The monoisotopic (exact) mass is 476 g/mol. The van der Waals surface area contributed by atoms with Gasteiger partial charge in [0.15, 0.2) is 17.5 Å². The quantitative estimate of drug-likeness (QED) is 0.406. The lowest BCUT2D eigenvalue weighted by Crippen LogP contribution is -2.32. The Morgan fingerprint density at radius 2 is 1.79 bits per heavy atom. The van der Waals surface area contributed by atoms with Crippen LogP contribution in [0.5, 0.6) is 0 Å². The third-order valence-electron chi connectivity index (χ3n) is 4.71. The smallest absolute Gasteiger partial charge is 0.335 e. The first-order valence-electron chi connectivity index (χ1n) is 9.87. The van der Waals surface area contributed by atoms with Gasteiger partial charge in [-0.3, -0.25) is 14.7 Å². The van der Waals surface area contributed by atoms with Gasteiger partial charge in [0.1, 0.15) is 5.69 Å². The number of rotatable bonds is 8. The van der Waals surface area contributed by atoms with E-state index in [0.29, 0.717) is 30.8 Å². The topological polar surface area (TPSA) is 115 Å². The van der Waals surface area contributed by atoms with Crippen molar-refractivity contribution in [1.29, 1.82) is 0 Å². The van der Waals surface area contributed by atoms with Crippen molar-refractivity contribution >= 4 is 40.9 Å². The van der Waals surface area contributed by atoms with Gasteiger partial charge in [-0.05, 0) is 42.8 Å². The molecule has 0 saturated heterocycles. The molecule has 0 bridgehead atoms. The van der Waals surface area contributed by atoms with Crippen LogP contribution in [0, 0.1) is 11.6 Å². The first kappa shape index (κ1) is 23.9. The lowest BCUT2D eigenvalue weighted by molar-refractivity contribution is 0.0696. The second-order valence-corrected chi connectivity index (χ2v) is 7.44. The summed E-state index contributed by atoms with van der Waals surface area (Å²) in [6.07, 6.45) is 1.51. The fourth-order valence-electron chi connectivity index (χ4n) is 2.97. The van der Waals surface area contributed by atoms with E-state index in [4.69, 9.17) is 16.7 Å². The Morgan fingerprint density at radius 1 is 1.12 bits per heavy atom. The minimum absolute atomic E-state index is 0.0270. The van der Waals surface area contributed by atoms with E-state index in [-0.39, 0.29) is 27.7 Å². The highest BCUT2D eigenvalue weighted by atomic mass is 35.5. The molecule has 0 fully saturated rings. The molecule has 0 aliphatic rings. The lowest BCUT2D eigenvalue weighted by Gasteiger charge is -2.22. The second-order valence-electron chi connectivity index (χ2n) is 7.03. The number of carbonyl (C=O) groups excluding carboxylic acids is 2. The minimum atomic E-state index is -1.23. The van der Waals surface area contributed by atoms with Crippen molar-refractivity contribution in [2.24, 2.45) is 0 Å². The molecule has 33 heavy (non-hydrogen) atoms. The molecule has 11 heteroatoms. The number of unbranched alkanes of at least 4 members (excludes halogenated alkanes) is 1. The SMILES string of the molecule is CCCCN(C(=O)c1cc(NC(=O)c2cc(F)c(F)cc2Cl)n[nH]1)c1ccc(C(=O)O)cc1. The number of H-pyrrole nitrogens is 1. The predicted octanol–water partition coefficient (Wildman–Crippen LogP) is 4.74. The fraction of sp³-hybridized carbons (Fsp3) is 0.182. The van der Waals surface area contributed by atoms with E-state index >= 15 is 0 Å². The number of carboxylic acid groups (broad SMARTS) is 1. The number of anilines is 2. The average molecular weight is 477 g/mol. The maximum Gasteiger partial charge on any atom is 0.335 e. The first-order chi connectivity index (χ1) is 15.7. The molecule has 3 rings (SSSR count). The van der Waals surface area contributed by atoms with Crippen LogP contribution in [0.4, 0.5) is 20.3 Å². The van der Waals surface area contributed by atoms with Gasteiger partial charge in [0.2, 0.25) is 0 Å². The van der Waals surface area contributed by atoms with Crippen LogP contribution in [0.3, 0.4) is 0 Å². The zero-order valence-electron chi connectivity index (χ0n) is 17.4. The highest BCUT2D eigenvalue weighted by Gasteiger charge is 2.22. The van der Waals surface area contributed by atoms with Crippen LogP contribution >= 0.6 is 11.6 Å². The van der Waals surface area contributed by atoms with Gasteiger partial charge in [-0.2, -0.15) is 5.10 Å². The molecule has 1 heterocycles. The summed E-state index contributed by atoms with van der Waals surface area (Å²) in [5.41, 5.74) is 0.339. The van der Waals surface area contributed by atoms with Crippen LogP contribution in [0.1, 0.15) is 51.0 Å². The number of hydrogen-bond acceptors (Lipinski definition) is 4. The maximum absolute atomic E-state index is 13.5. The Hall–Kier alpha value is -3.79. The number of nitrogens with one attached hydrogen (secondary N) is 2. The first-order valence-corrected chi connectivity index (χ1v) is 10.3. The number of hydrogen-bond donors (Lipinski definition) is 3. The zero-order valence-corrected chi connectivity index (χ0v) is 18.1. The predicted molar refractivity (Wildman–Crippen MR) is 118 cm³/mol. The van der Waals surface area contributed by atoms with Gasteiger partial charge in [-0.15, -0.1) is 0 Å². The molecule has 3 N–H and O–H groups in total. The molecule has 0 atom stereocenters. The molecule has 2 aromatic carbocycles. The largest absolute Gasteiger partial charge is 0.478 e. The third kappa shape index (κ3) is 5.53. The molecule has 0 aliphatic heterocycles. The van der Waals surface area contributed by atoms with Gasteiger partial charge in [0.05, 0.1) is 16.1 Å². The van der Waals surface area contributed by atoms with Crippen molar-refractivity contribution in [2.45, 2.75) is 19.8 Å². The third-order valence-corrected chi connectivity index (χ3v) is 5.02. The van der Waals surface area contributed by atoms with Gasteiger partial charge in [0.25, 0.3) is 11.8 Å². The number of aromatic amines is 1. The van der Waals surface area contributed by atoms with Gasteiger partial charge in [0, 0.05) is 18.3 Å². The van der Waals surface area contributed by atoms with Gasteiger partial charge in [-0.25, -0.2) is 13.6 Å². The number of aromatic carboxylic acids is 1. The molecule has 3 aromatic rings. The number of aromatic nitrogens is 2. The maximum atomic E-state index is 13.5.